The summed E-state index contributed by atoms with van der Waals surface area (Å²) in [5, 5.41) is 10.6. The Balaban J connectivity index is 2.34. The lowest BCUT2D eigenvalue weighted by Crippen LogP contribution is -1.98. The van der Waals surface area contributed by atoms with Gasteiger partial charge in [-0.1, -0.05) is 42.5 Å². The van der Waals surface area contributed by atoms with E-state index < -0.39 is 16.4 Å². The quantitative estimate of drug-likeness (QED) is 0.600. The molecule has 0 N–H and O–H groups in total. The number of hydrogen-bond acceptors (Lipinski definition) is 2. The van der Waals surface area contributed by atoms with Crippen LogP contribution in [0.25, 0.3) is 0 Å². The van der Waals surface area contributed by atoms with E-state index in [1.165, 1.54) is 12.1 Å². The molecule has 86 valence electrons. The molecular formula is C13H10FNO2. The second-order valence-electron chi connectivity index (χ2n) is 3.67. The molecule has 2 aromatic carbocycles. The van der Waals surface area contributed by atoms with E-state index in [9.17, 15) is 14.5 Å². The van der Waals surface area contributed by atoms with Gasteiger partial charge in [0.2, 0.25) is 5.82 Å². The highest BCUT2D eigenvalue weighted by atomic mass is 19.1. The lowest BCUT2D eigenvalue weighted by atomic mass is 10.0. The van der Waals surface area contributed by atoms with Crippen molar-refractivity contribution in [1.29, 1.82) is 0 Å². The Hall–Kier alpha value is -2.23. The Morgan fingerprint density at radius 1 is 1.06 bits per heavy atom. The summed E-state index contributed by atoms with van der Waals surface area (Å²) in [7, 11) is 0. The third kappa shape index (κ3) is 2.47. The van der Waals surface area contributed by atoms with Gasteiger partial charge in [0.05, 0.1) is 4.92 Å². The van der Waals surface area contributed by atoms with Crippen molar-refractivity contribution < 1.29 is 9.31 Å². The molecule has 0 fully saturated rings. The van der Waals surface area contributed by atoms with Gasteiger partial charge in [-0.2, -0.15) is 4.39 Å². The molecule has 0 unspecified atom stereocenters. The van der Waals surface area contributed by atoms with E-state index in [0.29, 0.717) is 12.0 Å². The maximum Gasteiger partial charge on any atom is 0.305 e. The number of hydrogen-bond donors (Lipinski definition) is 0. The molecule has 0 aromatic heterocycles. The van der Waals surface area contributed by atoms with E-state index in [2.05, 4.69) is 0 Å². The molecule has 0 aliphatic carbocycles. The van der Waals surface area contributed by atoms with Crippen LogP contribution in [0.5, 0.6) is 0 Å². The van der Waals surface area contributed by atoms with Crippen LogP contribution >= 0.6 is 0 Å². The highest BCUT2D eigenvalue weighted by molar-refractivity contribution is 5.39. The number of benzene rings is 2. The van der Waals surface area contributed by atoms with Gasteiger partial charge in [0, 0.05) is 12.5 Å². The molecule has 0 aliphatic rings. The van der Waals surface area contributed by atoms with Crippen LogP contribution < -0.4 is 0 Å². The smallest absolute Gasteiger partial charge is 0.258 e. The normalized spacial score (nSPS) is 10.2. The van der Waals surface area contributed by atoms with Crippen molar-refractivity contribution in [3.8, 4) is 0 Å². The fraction of sp³-hybridized carbons (Fsp3) is 0.0769. The van der Waals surface area contributed by atoms with Crippen LogP contribution in [0.15, 0.2) is 48.5 Å². The minimum absolute atomic E-state index is 0.338. The summed E-state index contributed by atoms with van der Waals surface area (Å²) < 4.78 is 13.8. The molecule has 4 heteroatoms. The number of rotatable bonds is 3. The predicted octanol–water partition coefficient (Wildman–Crippen LogP) is 3.32. The lowest BCUT2D eigenvalue weighted by molar-refractivity contribution is -0.387. The van der Waals surface area contributed by atoms with Gasteiger partial charge in [-0.15, -0.1) is 0 Å². The van der Waals surface area contributed by atoms with Gasteiger partial charge in [0.15, 0.2) is 0 Å². The Kier molecular flexibility index (Phi) is 3.14. The van der Waals surface area contributed by atoms with Crippen molar-refractivity contribution in [2.75, 3.05) is 0 Å². The third-order valence-electron chi connectivity index (χ3n) is 2.49. The first-order valence-electron chi connectivity index (χ1n) is 5.14. The fourth-order valence-electron chi connectivity index (χ4n) is 1.66. The van der Waals surface area contributed by atoms with Crippen molar-refractivity contribution in [2.45, 2.75) is 6.42 Å². The second-order valence-corrected chi connectivity index (χ2v) is 3.67. The van der Waals surface area contributed by atoms with Gasteiger partial charge < -0.3 is 0 Å². The topological polar surface area (TPSA) is 43.1 Å². The monoisotopic (exact) mass is 231 g/mol. The van der Waals surface area contributed by atoms with E-state index in [1.807, 2.05) is 30.3 Å². The number of halogens is 1. The Morgan fingerprint density at radius 3 is 2.41 bits per heavy atom. The molecule has 0 saturated heterocycles. The number of nitrogens with zero attached hydrogens (tertiary/aromatic N) is 1. The lowest BCUT2D eigenvalue weighted by Gasteiger charge is -2.03. The summed E-state index contributed by atoms with van der Waals surface area (Å²) in [5.41, 5.74) is 0.788. The molecule has 3 nitrogen and oxygen atoms in total. The molecule has 0 saturated carbocycles. The Morgan fingerprint density at radius 2 is 1.76 bits per heavy atom. The van der Waals surface area contributed by atoms with Crippen molar-refractivity contribution in [3.05, 3.63) is 75.6 Å². The standard InChI is InChI=1S/C13H10FNO2/c14-13-11(7-4-8-12(13)15(16)17)9-10-5-2-1-3-6-10/h1-8H,9H2. The minimum atomic E-state index is -0.749. The van der Waals surface area contributed by atoms with Crippen LogP contribution in [0.1, 0.15) is 11.1 Å². The van der Waals surface area contributed by atoms with Crippen molar-refractivity contribution >= 4 is 5.69 Å². The van der Waals surface area contributed by atoms with Crippen molar-refractivity contribution in [1.82, 2.24) is 0 Å². The predicted molar refractivity (Wildman–Crippen MR) is 62.3 cm³/mol. The van der Waals surface area contributed by atoms with Gasteiger partial charge in [0.25, 0.3) is 0 Å². The zero-order valence-corrected chi connectivity index (χ0v) is 8.97. The van der Waals surface area contributed by atoms with Gasteiger partial charge in [-0.3, -0.25) is 10.1 Å². The molecule has 2 rings (SSSR count). The molecule has 0 atom stereocenters. The number of nitro groups is 1. The zero-order chi connectivity index (χ0) is 12.3. The molecular weight excluding hydrogens is 221 g/mol. The first kappa shape index (κ1) is 11.3. The van der Waals surface area contributed by atoms with Gasteiger partial charge >= 0.3 is 5.69 Å². The number of nitro benzene ring substituents is 1. The van der Waals surface area contributed by atoms with Gasteiger partial charge in [0.1, 0.15) is 0 Å². The van der Waals surface area contributed by atoms with Gasteiger partial charge in [-0.05, 0) is 11.1 Å². The maximum atomic E-state index is 13.8. The van der Waals surface area contributed by atoms with E-state index in [4.69, 9.17) is 0 Å². The summed E-state index contributed by atoms with van der Waals surface area (Å²) >= 11 is 0. The van der Waals surface area contributed by atoms with Crippen LogP contribution in [-0.4, -0.2) is 4.92 Å². The molecule has 0 amide bonds. The first-order chi connectivity index (χ1) is 8.18. The van der Waals surface area contributed by atoms with Crippen LogP contribution in [0.2, 0.25) is 0 Å². The zero-order valence-electron chi connectivity index (χ0n) is 8.97. The molecule has 0 heterocycles. The van der Waals surface area contributed by atoms with Crippen molar-refractivity contribution in [2.24, 2.45) is 0 Å². The summed E-state index contributed by atoms with van der Waals surface area (Å²) in [6, 6.07) is 13.5. The minimum Gasteiger partial charge on any atom is -0.258 e. The summed E-state index contributed by atoms with van der Waals surface area (Å²) in [6.07, 6.45) is 0.356. The highest BCUT2D eigenvalue weighted by Crippen LogP contribution is 2.22. The molecule has 0 bridgehead atoms. The summed E-state index contributed by atoms with van der Waals surface area (Å²) in [5.74, 6) is -0.749. The van der Waals surface area contributed by atoms with Gasteiger partial charge in [-0.25, -0.2) is 0 Å². The van der Waals surface area contributed by atoms with Crippen LogP contribution in [0.4, 0.5) is 10.1 Å². The van der Waals surface area contributed by atoms with E-state index in [1.54, 1.807) is 6.07 Å². The maximum absolute atomic E-state index is 13.8. The third-order valence-corrected chi connectivity index (χ3v) is 2.49. The summed E-state index contributed by atoms with van der Waals surface area (Å²) in [4.78, 5) is 9.89. The summed E-state index contributed by atoms with van der Waals surface area (Å²) in [6.45, 7) is 0. The van der Waals surface area contributed by atoms with Crippen LogP contribution in [0, 0.1) is 15.9 Å². The average molecular weight is 231 g/mol. The SMILES string of the molecule is O=[N+]([O-])c1cccc(Cc2ccccc2)c1F. The average Bonchev–Trinajstić information content (AvgIpc) is 2.33. The Bertz CT molecular complexity index is 540. The van der Waals surface area contributed by atoms with E-state index in [0.717, 1.165) is 5.56 Å². The molecule has 17 heavy (non-hydrogen) atoms. The second kappa shape index (κ2) is 4.74. The molecule has 0 aliphatic heterocycles. The molecule has 0 spiro atoms. The molecule has 2 aromatic rings. The largest absolute Gasteiger partial charge is 0.305 e. The van der Waals surface area contributed by atoms with Crippen LogP contribution in [0.3, 0.4) is 0 Å². The fourth-order valence-corrected chi connectivity index (χ4v) is 1.66. The van der Waals surface area contributed by atoms with E-state index >= 15 is 0 Å². The first-order valence-corrected chi connectivity index (χ1v) is 5.14. The van der Waals surface area contributed by atoms with Crippen molar-refractivity contribution in [3.63, 3.8) is 0 Å². The highest BCUT2D eigenvalue weighted by Gasteiger charge is 2.16. The van der Waals surface area contributed by atoms with E-state index in [-0.39, 0.29) is 0 Å². The van der Waals surface area contributed by atoms with Crippen LogP contribution in [-0.2, 0) is 6.42 Å². The Labute approximate surface area is 97.7 Å². The molecule has 0 radical (unpaired) electrons.